The molecule has 3 aromatic rings. The lowest BCUT2D eigenvalue weighted by molar-refractivity contribution is -0.122. The molecule has 0 radical (unpaired) electrons. The number of methoxy groups -OCH3 is 1. The van der Waals surface area contributed by atoms with Crippen LogP contribution in [0.2, 0.25) is 0 Å². The second kappa shape index (κ2) is 10.9. The standard InChI is InChI=1S/C26H23N3O5S/c1-3-34-20-10-8-19(9-11-20)29-25(31)21(24(30)28-26(29)32)15-17-7-12-22(33-2)18(14-17)16-35-23-6-4-5-13-27-23/h4-15H,3,16H2,1-2H3,(H,28,30,32)/b21-15+. The Morgan fingerprint density at radius 3 is 2.54 bits per heavy atom. The van der Waals surface area contributed by atoms with Gasteiger partial charge in [-0.1, -0.05) is 12.1 Å². The molecule has 2 aromatic carbocycles. The maximum atomic E-state index is 13.2. The third-order valence-electron chi connectivity index (χ3n) is 5.14. The Bertz CT molecular complexity index is 1280. The summed E-state index contributed by atoms with van der Waals surface area (Å²) in [5.41, 5.74) is 1.69. The SMILES string of the molecule is CCOc1ccc(N2C(=O)NC(=O)/C(=C\c3ccc(OC)c(CSc4ccccn4)c3)C2=O)cc1. The van der Waals surface area contributed by atoms with Crippen molar-refractivity contribution in [3.63, 3.8) is 0 Å². The monoisotopic (exact) mass is 489 g/mol. The number of aromatic nitrogens is 1. The molecular weight excluding hydrogens is 466 g/mol. The molecule has 1 saturated heterocycles. The number of hydrogen-bond donors (Lipinski definition) is 1. The van der Waals surface area contributed by atoms with Gasteiger partial charge in [-0.05, 0) is 67.1 Å². The van der Waals surface area contributed by atoms with Crippen molar-refractivity contribution >= 4 is 41.4 Å². The van der Waals surface area contributed by atoms with E-state index in [9.17, 15) is 14.4 Å². The fourth-order valence-corrected chi connectivity index (χ4v) is 4.34. The smallest absolute Gasteiger partial charge is 0.335 e. The predicted molar refractivity (Wildman–Crippen MR) is 133 cm³/mol. The first-order valence-corrected chi connectivity index (χ1v) is 11.8. The van der Waals surface area contributed by atoms with E-state index in [0.29, 0.717) is 35.1 Å². The minimum absolute atomic E-state index is 0.146. The van der Waals surface area contributed by atoms with Crippen molar-refractivity contribution < 1.29 is 23.9 Å². The predicted octanol–water partition coefficient (Wildman–Crippen LogP) is 4.45. The summed E-state index contributed by atoms with van der Waals surface area (Å²) < 4.78 is 10.9. The van der Waals surface area contributed by atoms with E-state index in [2.05, 4.69) is 10.3 Å². The second-order valence-electron chi connectivity index (χ2n) is 7.41. The van der Waals surface area contributed by atoms with Crippen LogP contribution >= 0.6 is 11.8 Å². The molecule has 178 valence electrons. The highest BCUT2D eigenvalue weighted by atomic mass is 32.2. The summed E-state index contributed by atoms with van der Waals surface area (Å²) in [6.45, 7) is 2.36. The molecule has 1 fully saturated rings. The van der Waals surface area contributed by atoms with Crippen molar-refractivity contribution in [2.75, 3.05) is 18.6 Å². The third kappa shape index (κ3) is 5.52. The molecule has 0 atom stereocenters. The third-order valence-corrected chi connectivity index (χ3v) is 6.13. The molecule has 8 nitrogen and oxygen atoms in total. The molecule has 4 amide bonds. The van der Waals surface area contributed by atoms with Gasteiger partial charge in [-0.3, -0.25) is 14.9 Å². The number of pyridine rings is 1. The van der Waals surface area contributed by atoms with E-state index in [4.69, 9.17) is 9.47 Å². The van der Waals surface area contributed by atoms with Crippen LogP contribution in [0.25, 0.3) is 6.08 Å². The molecular formula is C26H23N3O5S. The van der Waals surface area contributed by atoms with Gasteiger partial charge in [-0.2, -0.15) is 0 Å². The number of rotatable bonds is 8. The number of amides is 4. The number of ether oxygens (including phenoxy) is 2. The number of imide groups is 2. The fourth-order valence-electron chi connectivity index (χ4n) is 3.50. The lowest BCUT2D eigenvalue weighted by Crippen LogP contribution is -2.54. The number of nitrogens with one attached hydrogen (secondary N) is 1. The van der Waals surface area contributed by atoms with Gasteiger partial charge in [0.15, 0.2) is 0 Å². The van der Waals surface area contributed by atoms with Crippen LogP contribution in [0.3, 0.4) is 0 Å². The maximum Gasteiger partial charge on any atom is 0.335 e. The van der Waals surface area contributed by atoms with E-state index in [-0.39, 0.29) is 5.57 Å². The average Bonchev–Trinajstić information content (AvgIpc) is 2.87. The molecule has 1 aromatic heterocycles. The number of urea groups is 1. The topological polar surface area (TPSA) is 97.8 Å². The summed E-state index contributed by atoms with van der Waals surface area (Å²) in [5.74, 6) is 0.419. The Morgan fingerprint density at radius 2 is 1.86 bits per heavy atom. The van der Waals surface area contributed by atoms with Crippen LogP contribution in [0.4, 0.5) is 10.5 Å². The van der Waals surface area contributed by atoms with Crippen molar-refractivity contribution in [1.82, 2.24) is 10.3 Å². The van der Waals surface area contributed by atoms with Gasteiger partial charge in [0.1, 0.15) is 17.1 Å². The van der Waals surface area contributed by atoms with Crippen LogP contribution in [0.15, 0.2) is 77.5 Å². The second-order valence-corrected chi connectivity index (χ2v) is 8.41. The van der Waals surface area contributed by atoms with Crippen LogP contribution in [0.5, 0.6) is 11.5 Å². The first-order valence-electron chi connectivity index (χ1n) is 10.8. The molecule has 1 aliphatic rings. The van der Waals surface area contributed by atoms with Crippen molar-refractivity contribution in [3.05, 3.63) is 83.6 Å². The summed E-state index contributed by atoms with van der Waals surface area (Å²) in [6, 6.07) is 16.8. The Balaban J connectivity index is 1.61. The molecule has 0 saturated carbocycles. The van der Waals surface area contributed by atoms with E-state index in [1.54, 1.807) is 61.5 Å². The van der Waals surface area contributed by atoms with Gasteiger partial charge in [0.25, 0.3) is 11.8 Å². The number of benzene rings is 2. The van der Waals surface area contributed by atoms with Crippen LogP contribution in [0, 0.1) is 0 Å². The Morgan fingerprint density at radius 1 is 1.06 bits per heavy atom. The number of nitrogens with zero attached hydrogens (tertiary/aromatic N) is 2. The Hall–Kier alpha value is -4.11. The van der Waals surface area contributed by atoms with Gasteiger partial charge in [0.2, 0.25) is 0 Å². The minimum Gasteiger partial charge on any atom is -0.496 e. The van der Waals surface area contributed by atoms with Gasteiger partial charge in [-0.25, -0.2) is 14.7 Å². The number of carbonyl (C=O) groups excluding carboxylic acids is 3. The maximum absolute atomic E-state index is 13.2. The van der Waals surface area contributed by atoms with E-state index >= 15 is 0 Å². The van der Waals surface area contributed by atoms with Crippen LogP contribution in [-0.2, 0) is 15.3 Å². The molecule has 1 aliphatic heterocycles. The average molecular weight is 490 g/mol. The molecule has 9 heteroatoms. The summed E-state index contributed by atoms with van der Waals surface area (Å²) in [7, 11) is 1.58. The lowest BCUT2D eigenvalue weighted by atomic mass is 10.0. The molecule has 1 N–H and O–H groups in total. The number of thioether (sulfide) groups is 1. The van der Waals surface area contributed by atoms with Gasteiger partial charge in [0, 0.05) is 17.5 Å². The van der Waals surface area contributed by atoms with E-state index in [1.165, 1.54) is 6.08 Å². The Kier molecular flexibility index (Phi) is 7.47. The minimum atomic E-state index is -0.802. The zero-order valence-corrected chi connectivity index (χ0v) is 20.0. The number of hydrogen-bond acceptors (Lipinski definition) is 7. The summed E-state index contributed by atoms with van der Waals surface area (Å²) in [4.78, 5) is 43.5. The highest BCUT2D eigenvalue weighted by molar-refractivity contribution is 7.98. The molecule has 0 spiro atoms. The molecule has 0 aliphatic carbocycles. The Labute approximate surface area is 206 Å². The van der Waals surface area contributed by atoms with Crippen molar-refractivity contribution in [2.45, 2.75) is 17.7 Å². The normalized spacial score (nSPS) is 14.7. The number of barbiturate groups is 1. The molecule has 35 heavy (non-hydrogen) atoms. The highest BCUT2D eigenvalue weighted by Gasteiger charge is 2.36. The van der Waals surface area contributed by atoms with Gasteiger partial charge >= 0.3 is 6.03 Å². The zero-order chi connectivity index (χ0) is 24.8. The van der Waals surface area contributed by atoms with E-state index in [1.807, 2.05) is 31.2 Å². The summed E-state index contributed by atoms with van der Waals surface area (Å²) >= 11 is 1.54. The van der Waals surface area contributed by atoms with E-state index < -0.39 is 17.8 Å². The number of carbonyl (C=O) groups is 3. The molecule has 4 rings (SSSR count). The zero-order valence-electron chi connectivity index (χ0n) is 19.2. The molecule has 0 bridgehead atoms. The number of anilines is 1. The molecule has 0 unspecified atom stereocenters. The van der Waals surface area contributed by atoms with Gasteiger partial charge in [-0.15, -0.1) is 11.8 Å². The van der Waals surface area contributed by atoms with Crippen molar-refractivity contribution in [3.8, 4) is 11.5 Å². The lowest BCUT2D eigenvalue weighted by Gasteiger charge is -2.26. The summed E-state index contributed by atoms with van der Waals surface area (Å²) in [5, 5.41) is 3.11. The largest absolute Gasteiger partial charge is 0.496 e. The fraction of sp³-hybridized carbons (Fsp3) is 0.154. The van der Waals surface area contributed by atoms with Crippen LogP contribution < -0.4 is 19.7 Å². The van der Waals surface area contributed by atoms with Gasteiger partial charge < -0.3 is 9.47 Å². The van der Waals surface area contributed by atoms with Crippen LogP contribution in [-0.4, -0.2) is 36.5 Å². The van der Waals surface area contributed by atoms with Crippen molar-refractivity contribution in [1.29, 1.82) is 0 Å². The molecule has 2 heterocycles. The van der Waals surface area contributed by atoms with Gasteiger partial charge in [0.05, 0.1) is 24.4 Å². The first kappa shape index (κ1) is 24.0. The summed E-state index contributed by atoms with van der Waals surface area (Å²) in [6.07, 6.45) is 3.20. The van der Waals surface area contributed by atoms with E-state index in [0.717, 1.165) is 15.5 Å². The van der Waals surface area contributed by atoms with Crippen LogP contribution in [0.1, 0.15) is 18.1 Å². The van der Waals surface area contributed by atoms with Crippen molar-refractivity contribution in [2.24, 2.45) is 0 Å². The quantitative estimate of drug-likeness (QED) is 0.284. The first-order chi connectivity index (χ1) is 17.0. The highest BCUT2D eigenvalue weighted by Crippen LogP contribution is 2.29.